The number of rotatable bonds is 5. The van der Waals surface area contributed by atoms with Crippen molar-refractivity contribution in [3.05, 3.63) is 34.4 Å². The van der Waals surface area contributed by atoms with Crippen LogP contribution in [0.4, 0.5) is 4.79 Å². The van der Waals surface area contributed by atoms with E-state index in [2.05, 4.69) is 24.1 Å². The minimum Gasteiger partial charge on any atom is -0.446 e. The van der Waals surface area contributed by atoms with Gasteiger partial charge >= 0.3 is 11.7 Å². The van der Waals surface area contributed by atoms with Gasteiger partial charge in [-0.15, -0.1) is 0 Å². The highest BCUT2D eigenvalue weighted by Crippen LogP contribution is 2.70. The number of carbonyl (C=O) groups excluding carboxylic acids is 1. The molecule has 2 N–H and O–H groups in total. The van der Waals surface area contributed by atoms with Gasteiger partial charge in [-0.2, -0.15) is 0 Å². The molecule has 1 aliphatic heterocycles. The molecule has 2 heterocycles. The van der Waals surface area contributed by atoms with Crippen LogP contribution >= 0.6 is 0 Å². The zero-order valence-corrected chi connectivity index (χ0v) is 23.7. The highest BCUT2D eigenvalue weighted by Gasteiger charge is 2.67. The van der Waals surface area contributed by atoms with Crippen LogP contribution in [0.1, 0.15) is 83.1 Å². The topological polar surface area (TPSA) is 101 Å². The zero-order chi connectivity index (χ0) is 27.3. The van der Waals surface area contributed by atoms with E-state index in [0.29, 0.717) is 24.3 Å². The molecule has 8 heteroatoms. The van der Waals surface area contributed by atoms with E-state index in [4.69, 9.17) is 13.9 Å². The van der Waals surface area contributed by atoms with Gasteiger partial charge in [-0.25, -0.2) is 9.59 Å². The molecule has 4 saturated carbocycles. The number of morpholine rings is 1. The molecular formula is C31H46N2O6. The average molecular weight is 543 g/mol. The standard InChI is InChI=1S/C31H46N2O6/c1-29-10-7-23(39-28(35)32-13-14-33-15-17-37-18-16-33)19-22(29)4-5-26-25(29)8-11-30(2)24(9-12-31(26,30)36)21-3-6-27(34)38-20-21/h3,6,20,22-26,36H,4-5,7-19H2,1-2H3,(H,32,35). The first-order valence-electron chi connectivity index (χ1n) is 15.3. The summed E-state index contributed by atoms with van der Waals surface area (Å²) in [5.74, 6) is 1.51. The van der Waals surface area contributed by atoms with Crippen molar-refractivity contribution in [3.8, 4) is 0 Å². The van der Waals surface area contributed by atoms with Gasteiger partial charge in [-0.1, -0.05) is 13.8 Å². The molecule has 1 aromatic heterocycles. The predicted molar refractivity (Wildman–Crippen MR) is 146 cm³/mol. The van der Waals surface area contributed by atoms with Crippen LogP contribution in [-0.4, -0.2) is 67.2 Å². The summed E-state index contributed by atoms with van der Waals surface area (Å²) in [6.07, 6.45) is 10.1. The van der Waals surface area contributed by atoms with E-state index in [1.165, 1.54) is 6.07 Å². The van der Waals surface area contributed by atoms with Crippen LogP contribution in [0, 0.1) is 28.6 Å². The first-order chi connectivity index (χ1) is 18.7. The van der Waals surface area contributed by atoms with Gasteiger partial charge in [-0.05, 0) is 98.5 Å². The van der Waals surface area contributed by atoms with Crippen molar-refractivity contribution in [2.45, 2.75) is 89.3 Å². The van der Waals surface area contributed by atoms with E-state index >= 15 is 0 Å². The molecule has 5 aliphatic rings. The van der Waals surface area contributed by atoms with Crippen molar-refractivity contribution in [1.29, 1.82) is 0 Å². The highest BCUT2D eigenvalue weighted by molar-refractivity contribution is 5.67. The number of ether oxygens (including phenoxy) is 2. The van der Waals surface area contributed by atoms with Crippen molar-refractivity contribution in [3.63, 3.8) is 0 Å². The smallest absolute Gasteiger partial charge is 0.407 e. The number of nitrogens with zero attached hydrogens (tertiary/aromatic N) is 1. The number of alkyl carbamates (subject to hydrolysis) is 1. The Hall–Kier alpha value is -1.90. The maximum atomic E-state index is 12.6. The monoisotopic (exact) mass is 542 g/mol. The van der Waals surface area contributed by atoms with Gasteiger partial charge in [-0.3, -0.25) is 4.90 Å². The zero-order valence-electron chi connectivity index (χ0n) is 23.7. The van der Waals surface area contributed by atoms with Crippen molar-refractivity contribution in [2.24, 2.45) is 28.6 Å². The summed E-state index contributed by atoms with van der Waals surface area (Å²) >= 11 is 0. The van der Waals surface area contributed by atoms with Crippen LogP contribution in [0.2, 0.25) is 0 Å². The third kappa shape index (κ3) is 4.74. The largest absolute Gasteiger partial charge is 0.446 e. The maximum absolute atomic E-state index is 12.6. The fourth-order valence-electron chi connectivity index (χ4n) is 9.73. The fourth-order valence-corrected chi connectivity index (χ4v) is 9.73. The lowest BCUT2D eigenvalue weighted by atomic mass is 9.43. The molecule has 1 saturated heterocycles. The molecule has 4 aliphatic carbocycles. The molecule has 5 fully saturated rings. The normalized spacial score (nSPS) is 42.2. The average Bonchev–Trinajstić information content (AvgIpc) is 3.21. The molecule has 0 aromatic carbocycles. The molecule has 8 atom stereocenters. The van der Waals surface area contributed by atoms with Crippen LogP contribution in [0.3, 0.4) is 0 Å². The van der Waals surface area contributed by atoms with E-state index < -0.39 is 5.60 Å². The van der Waals surface area contributed by atoms with Gasteiger partial charge in [0.2, 0.25) is 0 Å². The maximum Gasteiger partial charge on any atom is 0.407 e. The van der Waals surface area contributed by atoms with E-state index in [0.717, 1.165) is 96.2 Å². The summed E-state index contributed by atoms with van der Waals surface area (Å²) < 4.78 is 16.5. The van der Waals surface area contributed by atoms with Crippen LogP contribution in [0.15, 0.2) is 27.6 Å². The molecule has 0 spiro atoms. The summed E-state index contributed by atoms with van der Waals surface area (Å²) in [5.41, 5.74) is -0.0102. The Morgan fingerprint density at radius 2 is 1.90 bits per heavy atom. The summed E-state index contributed by atoms with van der Waals surface area (Å²) in [6.45, 7) is 9.52. The number of amides is 1. The second kappa shape index (κ2) is 10.5. The lowest BCUT2D eigenvalue weighted by Crippen LogP contribution is -2.62. The number of carbonyl (C=O) groups is 1. The van der Waals surface area contributed by atoms with Crippen molar-refractivity contribution >= 4 is 6.09 Å². The summed E-state index contributed by atoms with van der Waals surface area (Å²) in [5, 5.41) is 15.4. The summed E-state index contributed by atoms with van der Waals surface area (Å²) in [4.78, 5) is 26.4. The second-order valence-corrected chi connectivity index (χ2v) is 13.5. The minimum absolute atomic E-state index is 0.0245. The molecule has 0 bridgehead atoms. The van der Waals surface area contributed by atoms with E-state index in [9.17, 15) is 14.7 Å². The van der Waals surface area contributed by atoms with Crippen LogP contribution in [-0.2, 0) is 9.47 Å². The second-order valence-electron chi connectivity index (χ2n) is 13.5. The number of aliphatic hydroxyl groups is 1. The SMILES string of the molecule is CC12CCC(OC(=O)NCCN3CCOCC3)CC1CCC1C2CCC2(C)C(c3ccc(=O)oc3)CCC12O. The van der Waals surface area contributed by atoms with Gasteiger partial charge in [0.25, 0.3) is 0 Å². The van der Waals surface area contributed by atoms with Gasteiger partial charge in [0.15, 0.2) is 0 Å². The molecule has 8 nitrogen and oxygen atoms in total. The minimum atomic E-state index is -0.696. The number of hydrogen-bond acceptors (Lipinski definition) is 7. The molecule has 8 unspecified atom stereocenters. The van der Waals surface area contributed by atoms with Crippen LogP contribution in [0.25, 0.3) is 0 Å². The van der Waals surface area contributed by atoms with Gasteiger partial charge in [0.05, 0.1) is 25.1 Å². The Morgan fingerprint density at radius 1 is 1.08 bits per heavy atom. The van der Waals surface area contributed by atoms with Gasteiger partial charge in [0.1, 0.15) is 6.10 Å². The molecule has 216 valence electrons. The van der Waals surface area contributed by atoms with Crippen molar-refractivity contribution in [1.82, 2.24) is 10.2 Å². The number of nitrogens with one attached hydrogen (secondary N) is 1. The lowest BCUT2D eigenvalue weighted by Gasteiger charge is -2.63. The third-order valence-corrected chi connectivity index (χ3v) is 12.0. The third-order valence-electron chi connectivity index (χ3n) is 12.0. The molecule has 39 heavy (non-hydrogen) atoms. The Balaban J connectivity index is 1.07. The predicted octanol–water partition coefficient (Wildman–Crippen LogP) is 4.31. The quantitative estimate of drug-likeness (QED) is 0.572. The Labute approximate surface area is 231 Å². The Bertz CT molecular complexity index is 1080. The summed E-state index contributed by atoms with van der Waals surface area (Å²) in [7, 11) is 0. The van der Waals surface area contributed by atoms with Crippen LogP contribution in [0.5, 0.6) is 0 Å². The lowest BCUT2D eigenvalue weighted by molar-refractivity contribution is -0.205. The number of hydrogen-bond donors (Lipinski definition) is 2. The highest BCUT2D eigenvalue weighted by atomic mass is 16.6. The first-order valence-corrected chi connectivity index (χ1v) is 15.3. The van der Waals surface area contributed by atoms with E-state index in [1.54, 1.807) is 6.26 Å². The molecule has 1 amide bonds. The Morgan fingerprint density at radius 3 is 2.67 bits per heavy atom. The van der Waals surface area contributed by atoms with Crippen molar-refractivity contribution < 1.29 is 23.8 Å². The molecule has 1 aromatic rings. The molecular weight excluding hydrogens is 496 g/mol. The number of fused-ring (bicyclic) bond motifs is 5. The van der Waals surface area contributed by atoms with Gasteiger partial charge in [0, 0.05) is 37.7 Å². The van der Waals surface area contributed by atoms with E-state index in [1.807, 2.05) is 6.07 Å². The fraction of sp³-hybridized carbons (Fsp3) is 0.806. The summed E-state index contributed by atoms with van der Waals surface area (Å²) in [6, 6.07) is 3.41. The van der Waals surface area contributed by atoms with E-state index in [-0.39, 0.29) is 34.6 Å². The van der Waals surface area contributed by atoms with Gasteiger partial charge < -0.3 is 24.3 Å². The molecule has 0 radical (unpaired) electrons. The van der Waals surface area contributed by atoms with Crippen molar-refractivity contribution in [2.75, 3.05) is 39.4 Å². The molecule has 6 rings (SSSR count). The first kappa shape index (κ1) is 27.3. The van der Waals surface area contributed by atoms with Crippen LogP contribution < -0.4 is 10.9 Å². The Kier molecular flexibility index (Phi) is 7.34.